The molecule has 0 saturated carbocycles. The van der Waals surface area contributed by atoms with Crippen LogP contribution in [0.2, 0.25) is 0 Å². The van der Waals surface area contributed by atoms with Crippen molar-refractivity contribution in [1.29, 1.82) is 0 Å². The van der Waals surface area contributed by atoms with Crippen molar-refractivity contribution < 1.29 is 4.39 Å². The minimum Gasteiger partial charge on any atom is -0.321 e. The highest BCUT2D eigenvalue weighted by Crippen LogP contribution is 2.19. The van der Waals surface area contributed by atoms with E-state index in [1.54, 1.807) is 12.1 Å². The minimum atomic E-state index is -0.237. The number of nitrogens with two attached hydrogens (primary N) is 1. The first-order chi connectivity index (χ1) is 5.65. The van der Waals surface area contributed by atoms with E-state index >= 15 is 0 Å². The summed E-state index contributed by atoms with van der Waals surface area (Å²) in [5.74, 6) is -0.237. The maximum Gasteiger partial charge on any atom is 0.124 e. The van der Waals surface area contributed by atoms with Gasteiger partial charge in [0.25, 0.3) is 0 Å². The molecule has 0 heterocycles. The van der Waals surface area contributed by atoms with Crippen LogP contribution in [0.25, 0.3) is 0 Å². The van der Waals surface area contributed by atoms with Gasteiger partial charge in [0.2, 0.25) is 0 Å². The smallest absolute Gasteiger partial charge is 0.124 e. The Morgan fingerprint density at radius 1 is 1.58 bits per heavy atom. The lowest BCUT2D eigenvalue weighted by atomic mass is 10.1. The molecule has 2 N–H and O–H groups in total. The summed E-state index contributed by atoms with van der Waals surface area (Å²) in [5.41, 5.74) is 6.61. The van der Waals surface area contributed by atoms with Crippen molar-refractivity contribution in [3.8, 4) is 0 Å². The summed E-state index contributed by atoms with van der Waals surface area (Å²) in [5, 5.41) is 0. The van der Waals surface area contributed by atoms with E-state index in [1.807, 2.05) is 0 Å². The zero-order valence-electron chi connectivity index (χ0n) is 6.43. The minimum absolute atomic E-state index is 0.211. The van der Waals surface area contributed by atoms with Crippen LogP contribution in [-0.2, 0) is 0 Å². The largest absolute Gasteiger partial charge is 0.321 e. The van der Waals surface area contributed by atoms with Crippen LogP contribution in [0, 0.1) is 9.39 Å². The Balaban J connectivity index is 3.09. The van der Waals surface area contributed by atoms with E-state index in [9.17, 15) is 4.39 Å². The first kappa shape index (κ1) is 9.67. The normalized spacial score (nSPS) is 12.6. The maximum atomic E-state index is 12.6. The molecule has 1 rings (SSSR count). The molecule has 64 valence electrons. The molecule has 0 fully saturated rings. The van der Waals surface area contributed by atoms with Crippen molar-refractivity contribution in [3.05, 3.63) is 45.8 Å². The zero-order chi connectivity index (χ0) is 9.14. The number of benzene rings is 1. The fourth-order valence-corrected chi connectivity index (χ4v) is 1.74. The Labute approximate surface area is 84.6 Å². The van der Waals surface area contributed by atoms with Crippen LogP contribution in [-0.4, -0.2) is 0 Å². The predicted molar refractivity (Wildman–Crippen MR) is 56.2 cm³/mol. The van der Waals surface area contributed by atoms with Gasteiger partial charge in [0.15, 0.2) is 0 Å². The standard InChI is InChI=1S/C9H9FIN/c1-2-9(12)7-4-3-6(10)5-8(7)11/h2-5,9H,1,12H2. The van der Waals surface area contributed by atoms with Gasteiger partial charge in [0, 0.05) is 9.61 Å². The Morgan fingerprint density at radius 3 is 2.75 bits per heavy atom. The number of hydrogen-bond donors (Lipinski definition) is 1. The third kappa shape index (κ3) is 2.04. The van der Waals surface area contributed by atoms with Crippen LogP contribution >= 0.6 is 22.6 Å². The maximum absolute atomic E-state index is 12.6. The van der Waals surface area contributed by atoms with E-state index < -0.39 is 0 Å². The van der Waals surface area contributed by atoms with Crippen molar-refractivity contribution in [2.75, 3.05) is 0 Å². The third-order valence-electron chi connectivity index (χ3n) is 1.58. The second-order valence-corrected chi connectivity index (χ2v) is 3.59. The van der Waals surface area contributed by atoms with Gasteiger partial charge < -0.3 is 5.73 Å². The van der Waals surface area contributed by atoms with Crippen molar-refractivity contribution in [1.82, 2.24) is 0 Å². The Hall–Kier alpha value is -0.420. The third-order valence-corrected chi connectivity index (χ3v) is 2.51. The van der Waals surface area contributed by atoms with E-state index in [0.29, 0.717) is 0 Å². The highest BCUT2D eigenvalue weighted by molar-refractivity contribution is 14.1. The van der Waals surface area contributed by atoms with E-state index in [4.69, 9.17) is 5.73 Å². The summed E-state index contributed by atoms with van der Waals surface area (Å²) in [6.45, 7) is 3.58. The van der Waals surface area contributed by atoms with Gasteiger partial charge in [-0.1, -0.05) is 12.1 Å². The average Bonchev–Trinajstić information content (AvgIpc) is 2.03. The van der Waals surface area contributed by atoms with Gasteiger partial charge in [0.1, 0.15) is 5.82 Å². The molecule has 0 spiro atoms. The van der Waals surface area contributed by atoms with E-state index in [0.717, 1.165) is 9.13 Å². The van der Waals surface area contributed by atoms with Crippen molar-refractivity contribution >= 4 is 22.6 Å². The molecule has 0 saturated heterocycles. The molecule has 0 amide bonds. The van der Waals surface area contributed by atoms with E-state index in [-0.39, 0.29) is 11.9 Å². The number of halogens is 2. The fraction of sp³-hybridized carbons (Fsp3) is 0.111. The van der Waals surface area contributed by atoms with Gasteiger partial charge in [-0.05, 0) is 40.3 Å². The van der Waals surface area contributed by atoms with Gasteiger partial charge in [-0.3, -0.25) is 0 Å². The van der Waals surface area contributed by atoms with Crippen molar-refractivity contribution in [2.45, 2.75) is 6.04 Å². The molecule has 3 heteroatoms. The summed E-state index contributed by atoms with van der Waals surface area (Å²) >= 11 is 2.06. The lowest BCUT2D eigenvalue weighted by Gasteiger charge is -2.08. The molecule has 0 radical (unpaired) electrons. The molecule has 1 aromatic carbocycles. The van der Waals surface area contributed by atoms with E-state index in [2.05, 4.69) is 29.2 Å². The SMILES string of the molecule is C=CC(N)c1ccc(F)cc1I. The van der Waals surface area contributed by atoms with Crippen molar-refractivity contribution in [3.63, 3.8) is 0 Å². The summed E-state index contributed by atoms with van der Waals surface area (Å²) < 4.78 is 13.5. The van der Waals surface area contributed by atoms with Crippen molar-refractivity contribution in [2.24, 2.45) is 5.73 Å². The average molecular weight is 277 g/mol. The van der Waals surface area contributed by atoms with Crippen LogP contribution in [0.5, 0.6) is 0 Å². The van der Waals surface area contributed by atoms with Gasteiger partial charge in [-0.15, -0.1) is 6.58 Å². The van der Waals surface area contributed by atoms with Crippen LogP contribution in [0.15, 0.2) is 30.9 Å². The summed E-state index contributed by atoms with van der Waals surface area (Å²) in [4.78, 5) is 0. The Bertz CT molecular complexity index is 299. The summed E-state index contributed by atoms with van der Waals surface area (Å²) in [7, 11) is 0. The molecular weight excluding hydrogens is 268 g/mol. The second kappa shape index (κ2) is 4.00. The molecule has 0 aliphatic carbocycles. The summed E-state index contributed by atoms with van der Waals surface area (Å²) in [6.07, 6.45) is 1.63. The predicted octanol–water partition coefficient (Wildman–Crippen LogP) is 2.62. The highest BCUT2D eigenvalue weighted by Gasteiger charge is 2.06. The molecule has 12 heavy (non-hydrogen) atoms. The summed E-state index contributed by atoms with van der Waals surface area (Å²) in [6, 6.07) is 4.33. The van der Waals surface area contributed by atoms with Crippen LogP contribution < -0.4 is 5.73 Å². The van der Waals surface area contributed by atoms with Crippen LogP contribution in [0.3, 0.4) is 0 Å². The number of rotatable bonds is 2. The quantitative estimate of drug-likeness (QED) is 0.652. The van der Waals surface area contributed by atoms with Crippen LogP contribution in [0.1, 0.15) is 11.6 Å². The molecule has 1 atom stereocenters. The second-order valence-electron chi connectivity index (χ2n) is 2.43. The van der Waals surface area contributed by atoms with Gasteiger partial charge >= 0.3 is 0 Å². The van der Waals surface area contributed by atoms with Crippen LogP contribution in [0.4, 0.5) is 4.39 Å². The van der Waals surface area contributed by atoms with Gasteiger partial charge in [-0.2, -0.15) is 0 Å². The molecule has 0 aliphatic rings. The monoisotopic (exact) mass is 277 g/mol. The number of hydrogen-bond acceptors (Lipinski definition) is 1. The molecule has 0 bridgehead atoms. The fourth-order valence-electron chi connectivity index (χ4n) is 0.899. The molecule has 1 unspecified atom stereocenters. The topological polar surface area (TPSA) is 26.0 Å². The first-order valence-corrected chi connectivity index (χ1v) is 4.56. The molecule has 1 nitrogen and oxygen atoms in total. The molecule has 0 aliphatic heterocycles. The van der Waals surface area contributed by atoms with Gasteiger partial charge in [-0.25, -0.2) is 4.39 Å². The lowest BCUT2D eigenvalue weighted by Crippen LogP contribution is -2.08. The molecule has 0 aromatic heterocycles. The van der Waals surface area contributed by atoms with Gasteiger partial charge in [0.05, 0.1) is 0 Å². The Kier molecular flexibility index (Phi) is 3.22. The zero-order valence-corrected chi connectivity index (χ0v) is 8.58. The molecule has 1 aromatic rings. The molecular formula is C9H9FIN. The van der Waals surface area contributed by atoms with E-state index in [1.165, 1.54) is 12.1 Å². The Morgan fingerprint density at radius 2 is 2.25 bits per heavy atom. The lowest BCUT2D eigenvalue weighted by molar-refractivity contribution is 0.625. The first-order valence-electron chi connectivity index (χ1n) is 3.48. The highest BCUT2D eigenvalue weighted by atomic mass is 127.